The number of furan rings is 1. The average molecular weight is 349 g/mol. The summed E-state index contributed by atoms with van der Waals surface area (Å²) in [7, 11) is 1.30. The molecule has 2 rings (SSSR count). The molecule has 7 heteroatoms. The van der Waals surface area contributed by atoms with Gasteiger partial charge in [-0.3, -0.25) is 4.79 Å². The first-order valence-corrected chi connectivity index (χ1v) is 8.56. The summed E-state index contributed by atoms with van der Waals surface area (Å²) in [6.07, 6.45) is 0. The number of anilines is 1. The van der Waals surface area contributed by atoms with E-state index in [9.17, 15) is 9.59 Å². The van der Waals surface area contributed by atoms with Gasteiger partial charge in [0, 0.05) is 0 Å². The van der Waals surface area contributed by atoms with Gasteiger partial charge in [-0.15, -0.1) is 11.8 Å². The van der Waals surface area contributed by atoms with Crippen LogP contribution >= 0.6 is 11.8 Å². The van der Waals surface area contributed by atoms with Gasteiger partial charge in [0.25, 0.3) is 0 Å². The van der Waals surface area contributed by atoms with E-state index in [4.69, 9.17) is 9.15 Å². The fraction of sp³-hybridized carbons (Fsp3) is 0.294. The molecule has 0 atom stereocenters. The van der Waals surface area contributed by atoms with Crippen molar-refractivity contribution in [3.63, 3.8) is 0 Å². The smallest absolute Gasteiger partial charge is 0.373 e. The van der Waals surface area contributed by atoms with Crippen molar-refractivity contribution in [3.05, 3.63) is 47.9 Å². The molecule has 1 aromatic carbocycles. The summed E-state index contributed by atoms with van der Waals surface area (Å²) in [6, 6.07) is 10.5. The molecule has 1 amide bonds. The fourth-order valence-electron chi connectivity index (χ4n) is 1.95. The summed E-state index contributed by atoms with van der Waals surface area (Å²) in [6.45, 7) is 2.42. The minimum absolute atomic E-state index is 0.132. The number of esters is 1. The van der Waals surface area contributed by atoms with Gasteiger partial charge in [0.1, 0.15) is 11.5 Å². The molecule has 1 N–H and O–H groups in total. The van der Waals surface area contributed by atoms with Gasteiger partial charge in [-0.05, 0) is 31.2 Å². The molecule has 0 saturated carbocycles. The predicted molar refractivity (Wildman–Crippen MR) is 92.5 cm³/mol. The van der Waals surface area contributed by atoms with Gasteiger partial charge in [0.15, 0.2) is 0 Å². The monoisotopic (exact) mass is 349 g/mol. The first-order chi connectivity index (χ1) is 11.6. The first kappa shape index (κ1) is 17.9. The van der Waals surface area contributed by atoms with Crippen LogP contribution in [0.5, 0.6) is 5.75 Å². The number of ether oxygens (including phenoxy) is 2. The largest absolute Gasteiger partial charge is 0.492 e. The zero-order chi connectivity index (χ0) is 17.4. The topological polar surface area (TPSA) is 77.8 Å². The third-order valence-corrected chi connectivity index (χ3v) is 3.94. The Bertz CT molecular complexity index is 698. The Labute approximate surface area is 144 Å². The number of benzene rings is 1. The van der Waals surface area contributed by atoms with Gasteiger partial charge in [0.2, 0.25) is 11.7 Å². The number of methoxy groups -OCH3 is 1. The number of amides is 1. The maximum Gasteiger partial charge on any atom is 0.373 e. The zero-order valence-corrected chi connectivity index (χ0v) is 14.4. The zero-order valence-electron chi connectivity index (χ0n) is 13.5. The van der Waals surface area contributed by atoms with Crippen LogP contribution in [0.15, 0.2) is 40.8 Å². The van der Waals surface area contributed by atoms with Crippen LogP contribution < -0.4 is 10.1 Å². The molecule has 1 aromatic heterocycles. The number of thioether (sulfide) groups is 1. The molecule has 6 nitrogen and oxygen atoms in total. The molecular weight excluding hydrogens is 330 g/mol. The Hall–Kier alpha value is -2.41. The van der Waals surface area contributed by atoms with E-state index in [1.807, 2.05) is 25.1 Å². The number of nitrogens with one attached hydrogen (secondary N) is 1. The molecule has 1 heterocycles. The third-order valence-electron chi connectivity index (χ3n) is 2.99. The van der Waals surface area contributed by atoms with Crippen LogP contribution in [0.1, 0.15) is 23.2 Å². The second-order valence-corrected chi connectivity index (χ2v) is 5.71. The molecule has 0 aliphatic carbocycles. The SMILES string of the molecule is CCOc1ccccc1NC(=O)CSCc1ccc(C(=O)OC)o1. The lowest BCUT2D eigenvalue weighted by atomic mass is 10.3. The molecule has 0 aliphatic heterocycles. The van der Waals surface area contributed by atoms with Gasteiger partial charge < -0.3 is 19.2 Å². The van der Waals surface area contributed by atoms with E-state index in [-0.39, 0.29) is 17.4 Å². The van der Waals surface area contributed by atoms with E-state index in [0.29, 0.717) is 29.6 Å². The molecule has 0 fully saturated rings. The molecule has 24 heavy (non-hydrogen) atoms. The van der Waals surface area contributed by atoms with Crippen LogP contribution in [0.4, 0.5) is 5.69 Å². The number of hydrogen-bond acceptors (Lipinski definition) is 6. The molecule has 0 saturated heterocycles. The summed E-state index contributed by atoms with van der Waals surface area (Å²) >= 11 is 1.39. The van der Waals surface area contributed by atoms with Crippen LogP contribution in [0, 0.1) is 0 Å². The fourth-order valence-corrected chi connectivity index (χ4v) is 2.66. The highest BCUT2D eigenvalue weighted by Gasteiger charge is 2.12. The normalized spacial score (nSPS) is 10.2. The summed E-state index contributed by atoms with van der Waals surface area (Å²) in [5.74, 6) is 1.51. The van der Waals surface area contributed by atoms with Crippen LogP contribution in [0.2, 0.25) is 0 Å². The Morgan fingerprint density at radius 3 is 2.75 bits per heavy atom. The van der Waals surface area contributed by atoms with E-state index < -0.39 is 5.97 Å². The van der Waals surface area contributed by atoms with Crippen molar-refractivity contribution < 1.29 is 23.5 Å². The molecule has 0 aliphatic rings. The standard InChI is InChI=1S/C17H19NO5S/c1-3-22-14-7-5-4-6-13(14)18-16(19)11-24-10-12-8-9-15(23-12)17(20)21-2/h4-9H,3,10-11H2,1-2H3,(H,18,19). The lowest BCUT2D eigenvalue weighted by Gasteiger charge is -2.10. The van der Waals surface area contributed by atoms with Crippen molar-refractivity contribution in [3.8, 4) is 5.75 Å². The van der Waals surface area contributed by atoms with Crippen LogP contribution in [0.25, 0.3) is 0 Å². The van der Waals surface area contributed by atoms with E-state index in [1.165, 1.54) is 18.9 Å². The summed E-state index contributed by atoms with van der Waals surface area (Å²) in [5, 5.41) is 2.82. The van der Waals surface area contributed by atoms with E-state index >= 15 is 0 Å². The number of carbonyl (C=O) groups is 2. The minimum atomic E-state index is -0.517. The van der Waals surface area contributed by atoms with Crippen molar-refractivity contribution in [2.45, 2.75) is 12.7 Å². The van der Waals surface area contributed by atoms with Gasteiger partial charge in [-0.1, -0.05) is 12.1 Å². The highest BCUT2D eigenvalue weighted by atomic mass is 32.2. The highest BCUT2D eigenvalue weighted by molar-refractivity contribution is 7.99. The lowest BCUT2D eigenvalue weighted by Crippen LogP contribution is -2.15. The van der Waals surface area contributed by atoms with Crippen LogP contribution in [0.3, 0.4) is 0 Å². The van der Waals surface area contributed by atoms with Crippen molar-refractivity contribution in [1.82, 2.24) is 0 Å². The predicted octanol–water partition coefficient (Wildman–Crippen LogP) is 3.34. The van der Waals surface area contributed by atoms with Crippen molar-refractivity contribution in [2.24, 2.45) is 0 Å². The number of carbonyl (C=O) groups excluding carboxylic acids is 2. The van der Waals surface area contributed by atoms with E-state index in [1.54, 1.807) is 18.2 Å². The highest BCUT2D eigenvalue weighted by Crippen LogP contribution is 2.24. The third kappa shape index (κ3) is 5.06. The maximum atomic E-state index is 12.0. The molecule has 128 valence electrons. The summed E-state index contributed by atoms with van der Waals surface area (Å²) in [4.78, 5) is 23.3. The van der Waals surface area contributed by atoms with Gasteiger partial charge in [-0.25, -0.2) is 4.79 Å². The Morgan fingerprint density at radius 2 is 2.00 bits per heavy atom. The van der Waals surface area contributed by atoms with Crippen molar-refractivity contribution >= 4 is 29.3 Å². The quantitative estimate of drug-likeness (QED) is 0.737. The molecule has 2 aromatic rings. The number of rotatable bonds is 8. The van der Waals surface area contributed by atoms with Crippen molar-refractivity contribution in [2.75, 3.05) is 24.8 Å². The molecule has 0 unspecified atom stereocenters. The second kappa shape index (κ2) is 9.02. The second-order valence-electron chi connectivity index (χ2n) is 4.73. The van der Waals surface area contributed by atoms with Crippen LogP contribution in [-0.2, 0) is 15.3 Å². The van der Waals surface area contributed by atoms with Gasteiger partial charge in [0.05, 0.1) is 30.9 Å². The number of para-hydroxylation sites is 2. The van der Waals surface area contributed by atoms with Crippen LogP contribution in [-0.4, -0.2) is 31.3 Å². The number of hydrogen-bond donors (Lipinski definition) is 1. The summed E-state index contributed by atoms with van der Waals surface area (Å²) < 4.78 is 15.4. The Balaban J connectivity index is 1.81. The van der Waals surface area contributed by atoms with Crippen molar-refractivity contribution in [1.29, 1.82) is 0 Å². The Kier molecular flexibility index (Phi) is 6.74. The average Bonchev–Trinajstić information content (AvgIpc) is 3.05. The van der Waals surface area contributed by atoms with E-state index in [2.05, 4.69) is 10.1 Å². The Morgan fingerprint density at radius 1 is 1.21 bits per heavy atom. The van der Waals surface area contributed by atoms with Gasteiger partial charge >= 0.3 is 5.97 Å². The summed E-state index contributed by atoms with van der Waals surface area (Å²) in [5.41, 5.74) is 0.649. The minimum Gasteiger partial charge on any atom is -0.492 e. The lowest BCUT2D eigenvalue weighted by molar-refractivity contribution is -0.113. The maximum absolute atomic E-state index is 12.0. The molecule has 0 radical (unpaired) electrons. The van der Waals surface area contributed by atoms with Gasteiger partial charge in [-0.2, -0.15) is 0 Å². The molecule has 0 bridgehead atoms. The first-order valence-electron chi connectivity index (χ1n) is 7.40. The molecule has 0 spiro atoms. The molecular formula is C17H19NO5S. The van der Waals surface area contributed by atoms with E-state index in [0.717, 1.165) is 0 Å².